The standard InChI is InChI=1S/C33H24ClF2N5O4S.C32H26F2N4O4S.C8H17ClO3/c1-37-33(42)30-21-13-20(26(40(2)46(3,43)44)15-28(21)45-32(30)17-7-9-18(35)10-8-17)23-11-12-24-31(39-23)27-14-19-22(36)5-4-6-25(19)41(27)29(16-34)38-24;1-36-32(39)29-23-15-22(26-12-11-25(35)30(37-26)19-13-18-5-4-6-24(34)21(18)14-19)27(38(2)43(3,40)41)16-28(23)42-31(29)17-7-9-20(33)10-8-17;1-4-10-8(7-9,11-5-2)12-6-3/h4-15H,16H2,1-3H3,(H,37,42);4-12,14-16H,13,35H2,1-3H3,(H,36,39);4-7H2,1-3H3. The molecule has 0 bridgehead atoms. The first-order valence-electron chi connectivity index (χ1n) is 31.4. The third kappa shape index (κ3) is 14.3. The number of fused-ring (bicyclic) bond motifs is 8. The van der Waals surface area contributed by atoms with Gasteiger partial charge in [-0.15, -0.1) is 23.2 Å². The molecule has 20 nitrogen and oxygen atoms in total. The summed E-state index contributed by atoms with van der Waals surface area (Å²) in [6.07, 6.45) is 4.28. The number of hydrogen-bond donors (Lipinski definition) is 3. The second-order valence-corrected chi connectivity index (χ2v) is 27.7. The number of sulfonamides is 2. The van der Waals surface area contributed by atoms with E-state index in [4.69, 9.17) is 66.9 Å². The van der Waals surface area contributed by atoms with Gasteiger partial charge in [0, 0.05) is 111 Å². The summed E-state index contributed by atoms with van der Waals surface area (Å²) in [5.41, 5.74) is 15.0. The fourth-order valence-corrected chi connectivity index (χ4v) is 13.4. The summed E-state index contributed by atoms with van der Waals surface area (Å²) in [6.45, 7) is 7.18. The van der Waals surface area contributed by atoms with Gasteiger partial charge in [-0.2, -0.15) is 0 Å². The van der Waals surface area contributed by atoms with Crippen molar-refractivity contribution in [3.63, 3.8) is 0 Å². The Morgan fingerprint density at radius 3 is 1.59 bits per heavy atom. The number of alkyl halides is 2. The molecule has 0 atom stereocenters. The molecule has 0 unspecified atom stereocenters. The topological polar surface area (TPSA) is 256 Å². The molecule has 13 rings (SSSR count). The minimum Gasteiger partial charge on any atom is -0.455 e. The van der Waals surface area contributed by atoms with Gasteiger partial charge in [0.25, 0.3) is 17.8 Å². The Hall–Kier alpha value is -9.93. The van der Waals surface area contributed by atoms with Crippen LogP contribution in [0.5, 0.6) is 0 Å². The zero-order chi connectivity index (χ0) is 72.6. The molecule has 524 valence electrons. The highest BCUT2D eigenvalue weighted by Gasteiger charge is 2.33. The molecule has 6 heterocycles. The Balaban J connectivity index is 0.000000175. The van der Waals surface area contributed by atoms with E-state index in [1.807, 2.05) is 26.8 Å². The van der Waals surface area contributed by atoms with Crippen LogP contribution in [0, 0.1) is 23.3 Å². The van der Waals surface area contributed by atoms with Crippen molar-refractivity contribution in [2.45, 2.75) is 39.0 Å². The zero-order valence-corrected chi connectivity index (χ0v) is 59.1. The van der Waals surface area contributed by atoms with Crippen LogP contribution < -0.4 is 25.0 Å². The predicted molar refractivity (Wildman–Crippen MR) is 387 cm³/mol. The summed E-state index contributed by atoms with van der Waals surface area (Å²) in [4.78, 5) is 40.9. The molecule has 2 amide bonds. The van der Waals surface area contributed by atoms with Crippen molar-refractivity contribution in [3.8, 4) is 45.2 Å². The van der Waals surface area contributed by atoms with Crippen LogP contribution in [0.15, 0.2) is 148 Å². The first-order valence-corrected chi connectivity index (χ1v) is 36.2. The average molecular weight is 1460 g/mol. The first-order chi connectivity index (χ1) is 48.2. The second kappa shape index (κ2) is 29.3. The van der Waals surface area contributed by atoms with Crippen LogP contribution in [0.1, 0.15) is 64.1 Å². The van der Waals surface area contributed by atoms with Gasteiger partial charge in [0.15, 0.2) is 0 Å². The molecule has 1 aliphatic carbocycles. The number of rotatable bonds is 19. The quantitative estimate of drug-likeness (QED) is 0.0386. The number of nitrogens with two attached hydrogens (primary N) is 1. The number of nitrogen functional groups attached to an aromatic ring is 1. The van der Waals surface area contributed by atoms with Crippen molar-refractivity contribution in [2.24, 2.45) is 0 Å². The summed E-state index contributed by atoms with van der Waals surface area (Å²) < 4.78 is 140. The predicted octanol–water partition coefficient (Wildman–Crippen LogP) is 14.8. The number of anilines is 3. The van der Waals surface area contributed by atoms with Gasteiger partial charge in [0.2, 0.25) is 20.0 Å². The minimum absolute atomic E-state index is 0.0631. The van der Waals surface area contributed by atoms with Gasteiger partial charge in [-0.1, -0.05) is 18.2 Å². The van der Waals surface area contributed by atoms with E-state index in [1.54, 1.807) is 71.1 Å². The highest BCUT2D eigenvalue weighted by molar-refractivity contribution is 7.92. The van der Waals surface area contributed by atoms with Gasteiger partial charge < -0.3 is 39.4 Å². The lowest BCUT2D eigenvalue weighted by Crippen LogP contribution is -2.41. The fraction of sp³-hybridized carbons (Fsp3) is 0.219. The molecule has 0 radical (unpaired) electrons. The van der Waals surface area contributed by atoms with Crippen LogP contribution in [0.4, 0.5) is 34.6 Å². The van der Waals surface area contributed by atoms with Crippen molar-refractivity contribution >= 4 is 133 Å². The largest absolute Gasteiger partial charge is 0.455 e. The molecule has 101 heavy (non-hydrogen) atoms. The first kappa shape index (κ1) is 72.3. The molecule has 0 saturated carbocycles. The number of pyridine rings is 2. The van der Waals surface area contributed by atoms with Crippen LogP contribution in [0.3, 0.4) is 0 Å². The Morgan fingerprint density at radius 2 is 1.12 bits per heavy atom. The molecule has 4 N–H and O–H groups in total. The van der Waals surface area contributed by atoms with E-state index in [-0.39, 0.29) is 62.8 Å². The number of hydrogen-bond acceptors (Lipinski definition) is 15. The maximum absolute atomic E-state index is 14.9. The Bertz CT molecular complexity index is 5490. The van der Waals surface area contributed by atoms with Gasteiger partial charge in [-0.05, 0) is 147 Å². The Morgan fingerprint density at radius 1 is 0.624 bits per heavy atom. The Labute approximate surface area is 588 Å². The van der Waals surface area contributed by atoms with Crippen molar-refractivity contribution in [1.82, 2.24) is 30.0 Å². The maximum Gasteiger partial charge on any atom is 0.297 e. The lowest BCUT2D eigenvalue weighted by Gasteiger charge is -2.29. The van der Waals surface area contributed by atoms with E-state index < -0.39 is 55.3 Å². The van der Waals surface area contributed by atoms with Gasteiger partial charge in [-0.3, -0.25) is 22.6 Å². The van der Waals surface area contributed by atoms with Crippen LogP contribution in [-0.4, -0.2) is 120 Å². The van der Waals surface area contributed by atoms with E-state index >= 15 is 0 Å². The van der Waals surface area contributed by atoms with Crippen molar-refractivity contribution in [1.29, 1.82) is 0 Å². The van der Waals surface area contributed by atoms with Gasteiger partial charge in [0.1, 0.15) is 63.2 Å². The van der Waals surface area contributed by atoms with E-state index in [0.29, 0.717) is 126 Å². The third-order valence-electron chi connectivity index (χ3n) is 16.8. The molecule has 6 aromatic heterocycles. The van der Waals surface area contributed by atoms with Gasteiger partial charge in [-0.25, -0.2) is 49.3 Å². The lowest BCUT2D eigenvalue weighted by molar-refractivity contribution is -0.363. The molecular weight excluding hydrogens is 1390 g/mol. The van der Waals surface area contributed by atoms with Crippen LogP contribution in [0.25, 0.3) is 106 Å². The number of allylic oxidation sites excluding steroid dienone is 1. The average Bonchev–Trinajstić information content (AvgIpc) is 1.63. The number of furan rings is 2. The molecule has 0 saturated heterocycles. The number of nitrogens with one attached hydrogen (secondary N) is 2. The van der Waals surface area contributed by atoms with Crippen molar-refractivity contribution in [2.75, 3.05) is 80.7 Å². The normalized spacial score (nSPS) is 12.3. The second-order valence-electron chi connectivity index (χ2n) is 23.1. The number of benzene rings is 6. The summed E-state index contributed by atoms with van der Waals surface area (Å²) in [7, 11) is -1.76. The van der Waals surface area contributed by atoms with Gasteiger partial charge >= 0.3 is 0 Å². The molecule has 1 aliphatic rings. The molecule has 0 spiro atoms. The van der Waals surface area contributed by atoms with E-state index in [2.05, 4.69) is 10.6 Å². The Kier molecular flexibility index (Phi) is 21.0. The number of nitrogens with zero attached hydrogens (tertiary/aromatic N) is 6. The minimum atomic E-state index is -3.77. The fourth-order valence-electron chi connectivity index (χ4n) is 11.9. The monoisotopic (exact) mass is 1460 g/mol. The van der Waals surface area contributed by atoms with Crippen LogP contribution in [-0.2, 0) is 46.6 Å². The van der Waals surface area contributed by atoms with E-state index in [1.165, 1.54) is 101 Å². The molecule has 0 aliphatic heterocycles. The number of amides is 2. The number of carbonyl (C=O) groups is 2. The molecular formula is C73H67Cl2F4N9O11S2. The van der Waals surface area contributed by atoms with E-state index in [0.717, 1.165) is 26.7 Å². The summed E-state index contributed by atoms with van der Waals surface area (Å²) in [6, 6.07) is 35.4. The van der Waals surface area contributed by atoms with Crippen molar-refractivity contribution < 1.29 is 67.0 Å². The van der Waals surface area contributed by atoms with E-state index in [9.17, 15) is 44.0 Å². The number of ether oxygens (including phenoxy) is 3. The summed E-state index contributed by atoms with van der Waals surface area (Å²) in [5.74, 6) is -2.48. The lowest BCUT2D eigenvalue weighted by atomic mass is 10.00. The summed E-state index contributed by atoms with van der Waals surface area (Å²) in [5, 5.41) is 6.40. The molecule has 12 aromatic rings. The number of halogens is 6. The van der Waals surface area contributed by atoms with Crippen LogP contribution in [0.2, 0.25) is 0 Å². The summed E-state index contributed by atoms with van der Waals surface area (Å²) >= 11 is 12.0. The maximum atomic E-state index is 14.9. The zero-order valence-electron chi connectivity index (χ0n) is 55.9. The molecule has 6 aromatic carbocycles. The number of carbonyl (C=O) groups excluding carboxylic acids is 2. The highest BCUT2D eigenvalue weighted by Crippen LogP contribution is 2.45. The number of aromatic nitrogens is 4. The van der Waals surface area contributed by atoms with Crippen molar-refractivity contribution in [3.05, 3.63) is 197 Å². The third-order valence-corrected chi connectivity index (χ3v) is 19.8. The van der Waals surface area contributed by atoms with Gasteiger partial charge in [0.05, 0.1) is 80.2 Å². The smallest absolute Gasteiger partial charge is 0.297 e. The molecule has 0 fully saturated rings. The van der Waals surface area contributed by atoms with Crippen LogP contribution >= 0.6 is 23.2 Å². The molecule has 28 heteroatoms. The highest BCUT2D eigenvalue weighted by atomic mass is 35.5. The SMILES string of the molecule is CCOC(CCl)(OCC)OCC.CNC(=O)c1c(-c2ccc(F)cc2)oc2cc(N(C)S(C)(=O)=O)c(-c3ccc(N)c(C4=Cc5c(F)cccc5C4)n3)cc12.CNC(=O)c1c(-c2ccc(F)cc2)oc2cc(N(C)S(C)(=O)=O)c(-c3ccc4nc(CCl)n5c6cccc(F)c6cc5c4n3)cc12.